The minimum absolute atomic E-state index is 0.00959. The van der Waals surface area contributed by atoms with Crippen LogP contribution in [-0.2, 0) is 26.6 Å². The van der Waals surface area contributed by atoms with Crippen LogP contribution >= 0.6 is 23.4 Å². The second-order valence-electron chi connectivity index (χ2n) is 6.31. The molecule has 1 unspecified atom stereocenters. The number of rotatable bonds is 4. The average molecular weight is 468 g/mol. The molecule has 0 saturated heterocycles. The molecule has 1 aliphatic heterocycles. The molecule has 0 amide bonds. The molecule has 1 aliphatic rings. The summed E-state index contributed by atoms with van der Waals surface area (Å²) in [6.45, 7) is 2.69. The highest BCUT2D eigenvalue weighted by molar-refractivity contribution is 7.96. The fraction of sp³-hybridized carbons (Fsp3) is 0.235. The number of anilines is 1. The highest BCUT2D eigenvalue weighted by Crippen LogP contribution is 2.48. The summed E-state index contributed by atoms with van der Waals surface area (Å²) >= 11 is 12.0. The predicted molar refractivity (Wildman–Crippen MR) is 102 cm³/mol. The second kappa shape index (κ2) is 7.35. The summed E-state index contributed by atoms with van der Waals surface area (Å²) in [5.41, 5.74) is -2.90. The Morgan fingerprint density at radius 3 is 2.41 bits per heavy atom. The quantitative estimate of drug-likeness (QED) is 0.637. The molecule has 0 radical (unpaired) electrons. The van der Waals surface area contributed by atoms with Crippen molar-refractivity contribution in [3.8, 4) is 0 Å². The molecule has 0 aliphatic carbocycles. The van der Waals surface area contributed by atoms with Gasteiger partial charge in [0, 0.05) is 23.7 Å². The Labute approximate surface area is 175 Å². The number of halogens is 5. The van der Waals surface area contributed by atoms with Gasteiger partial charge in [-0.05, 0) is 32.0 Å². The monoisotopic (exact) mass is 467 g/mol. The lowest BCUT2D eigenvalue weighted by Crippen LogP contribution is -2.33. The van der Waals surface area contributed by atoms with Gasteiger partial charge in [-0.3, -0.25) is 9.71 Å². The van der Waals surface area contributed by atoms with Crippen molar-refractivity contribution < 1.29 is 26.4 Å². The van der Waals surface area contributed by atoms with E-state index in [9.17, 15) is 21.6 Å². The van der Waals surface area contributed by atoms with Gasteiger partial charge in [0.05, 0.1) is 22.0 Å². The van der Waals surface area contributed by atoms with Gasteiger partial charge in [0.25, 0.3) is 10.0 Å². The summed E-state index contributed by atoms with van der Waals surface area (Å²) in [7, 11) is -4.25. The molecule has 1 aromatic carbocycles. The third-order valence-corrected chi connectivity index (χ3v) is 6.54. The highest BCUT2D eigenvalue weighted by Gasteiger charge is 2.52. The Morgan fingerprint density at radius 2 is 1.86 bits per heavy atom. The van der Waals surface area contributed by atoms with Crippen LogP contribution < -0.4 is 4.72 Å². The van der Waals surface area contributed by atoms with E-state index in [0.29, 0.717) is 16.8 Å². The number of hydrogen-bond acceptors (Lipinski definition) is 5. The minimum atomic E-state index is -4.67. The highest BCUT2D eigenvalue weighted by atomic mass is 35.5. The standard InChI is InChI=1S/C17H14Cl2F3N3O3S/c1-10-15(29(26,27)24-12-6-4-3-5-7-12)16(2,28-25(10)19)14-13(18)8-11(9-23-14)17(20,21)22/h3-9,24H,1-2H3. The number of allylic oxidation sites excluding steroid dienone is 1. The molecule has 12 heteroatoms. The van der Waals surface area contributed by atoms with Gasteiger partial charge in [0.1, 0.15) is 4.91 Å². The van der Waals surface area contributed by atoms with Gasteiger partial charge in [-0.2, -0.15) is 17.8 Å². The van der Waals surface area contributed by atoms with Crippen molar-refractivity contribution >= 4 is 39.1 Å². The summed E-state index contributed by atoms with van der Waals surface area (Å²) in [5.74, 6) is 0. The van der Waals surface area contributed by atoms with Crippen molar-refractivity contribution in [3.63, 3.8) is 0 Å². The van der Waals surface area contributed by atoms with Gasteiger partial charge in [0.2, 0.25) is 0 Å². The first-order valence-corrected chi connectivity index (χ1v) is 10.2. The van der Waals surface area contributed by atoms with E-state index in [0.717, 1.165) is 0 Å². The van der Waals surface area contributed by atoms with E-state index in [1.54, 1.807) is 18.2 Å². The Kier molecular flexibility index (Phi) is 5.50. The first kappa shape index (κ1) is 21.7. The van der Waals surface area contributed by atoms with Gasteiger partial charge in [0.15, 0.2) is 5.60 Å². The number of para-hydroxylation sites is 1. The van der Waals surface area contributed by atoms with E-state index in [1.165, 1.54) is 26.0 Å². The Bertz CT molecular complexity index is 1080. The van der Waals surface area contributed by atoms with Gasteiger partial charge in [-0.1, -0.05) is 29.8 Å². The van der Waals surface area contributed by atoms with Crippen molar-refractivity contribution in [2.24, 2.45) is 0 Å². The molecule has 0 bridgehead atoms. The van der Waals surface area contributed by atoms with Gasteiger partial charge in [-0.25, -0.2) is 13.3 Å². The maximum absolute atomic E-state index is 13.1. The molecule has 6 nitrogen and oxygen atoms in total. The van der Waals surface area contributed by atoms with Crippen molar-refractivity contribution in [2.45, 2.75) is 25.6 Å². The lowest BCUT2D eigenvalue weighted by Gasteiger charge is -2.27. The molecule has 3 rings (SSSR count). The smallest absolute Gasteiger partial charge is 0.280 e. The predicted octanol–water partition coefficient (Wildman–Crippen LogP) is 5.04. The fourth-order valence-corrected chi connectivity index (χ4v) is 5.24. The number of nitrogens with zero attached hydrogens (tertiary/aromatic N) is 2. The largest absolute Gasteiger partial charge is 0.417 e. The zero-order valence-corrected chi connectivity index (χ0v) is 17.3. The summed E-state index contributed by atoms with van der Waals surface area (Å²) in [4.78, 5) is 8.88. The fourth-order valence-electron chi connectivity index (χ4n) is 2.95. The van der Waals surface area contributed by atoms with Crippen LogP contribution in [0.15, 0.2) is 53.2 Å². The van der Waals surface area contributed by atoms with Gasteiger partial charge < -0.3 is 0 Å². The van der Waals surface area contributed by atoms with Crippen LogP contribution in [0, 0.1) is 0 Å². The number of aromatic nitrogens is 1. The summed E-state index contributed by atoms with van der Waals surface area (Å²) in [6.07, 6.45) is -4.11. The van der Waals surface area contributed by atoms with Gasteiger partial charge >= 0.3 is 6.18 Å². The molecule has 156 valence electrons. The van der Waals surface area contributed by atoms with E-state index in [4.69, 9.17) is 28.2 Å². The van der Waals surface area contributed by atoms with Gasteiger partial charge in [-0.15, -0.1) is 0 Å². The molecular weight excluding hydrogens is 454 g/mol. The van der Waals surface area contributed by atoms with Crippen molar-refractivity contribution in [1.29, 1.82) is 0 Å². The molecule has 1 atom stereocenters. The molecule has 0 fully saturated rings. The van der Waals surface area contributed by atoms with Crippen LogP contribution in [0.5, 0.6) is 0 Å². The molecule has 1 N–H and O–H groups in total. The topological polar surface area (TPSA) is 71.5 Å². The van der Waals surface area contributed by atoms with Crippen molar-refractivity contribution in [2.75, 3.05) is 4.72 Å². The maximum Gasteiger partial charge on any atom is 0.417 e. The Hall–Kier alpha value is -2.01. The number of benzene rings is 1. The SMILES string of the molecule is CC1=C(S(=O)(=O)Nc2ccccc2)C(C)(c2ncc(C(F)(F)F)cc2Cl)ON1Cl. The van der Waals surface area contributed by atoms with E-state index in [1.807, 2.05) is 0 Å². The number of nitrogens with one attached hydrogen (secondary N) is 1. The average Bonchev–Trinajstić information content (AvgIpc) is 2.84. The van der Waals surface area contributed by atoms with Crippen molar-refractivity contribution in [3.05, 3.63) is 69.5 Å². The number of sulfonamides is 1. The molecule has 29 heavy (non-hydrogen) atoms. The normalized spacial score (nSPS) is 20.3. The van der Waals surface area contributed by atoms with Crippen LogP contribution in [0.4, 0.5) is 18.9 Å². The third-order valence-electron chi connectivity index (χ3n) is 4.20. The zero-order chi connectivity index (χ0) is 21.6. The molecular formula is C17H14Cl2F3N3O3S. The molecule has 0 spiro atoms. The van der Waals surface area contributed by atoms with Crippen molar-refractivity contribution in [1.82, 2.24) is 9.57 Å². The number of hydrogen-bond donors (Lipinski definition) is 1. The molecule has 2 aromatic rings. The molecule has 1 aromatic heterocycles. The zero-order valence-electron chi connectivity index (χ0n) is 15.0. The lowest BCUT2D eigenvalue weighted by atomic mass is 9.99. The number of hydroxylamine groups is 1. The van der Waals surface area contributed by atoms with Crippen LogP contribution in [-0.4, -0.2) is 18.0 Å². The third kappa shape index (κ3) is 4.02. The summed E-state index contributed by atoms with van der Waals surface area (Å²) < 4.78 is 68.1. The maximum atomic E-state index is 13.1. The van der Waals surface area contributed by atoms with Crippen LogP contribution in [0.25, 0.3) is 0 Å². The van der Waals surface area contributed by atoms with E-state index in [-0.39, 0.29) is 22.0 Å². The summed E-state index contributed by atoms with van der Waals surface area (Å²) in [6, 6.07) is 8.68. The first-order chi connectivity index (χ1) is 13.4. The molecule has 0 saturated carbocycles. The first-order valence-electron chi connectivity index (χ1n) is 8.04. The molecule has 2 heterocycles. The summed E-state index contributed by atoms with van der Waals surface area (Å²) in [5, 5.41) is -0.422. The minimum Gasteiger partial charge on any atom is -0.280 e. The number of alkyl halides is 3. The van der Waals surface area contributed by atoms with E-state index in [2.05, 4.69) is 9.71 Å². The van der Waals surface area contributed by atoms with Crippen LogP contribution in [0.2, 0.25) is 5.02 Å². The number of pyridine rings is 1. The van der Waals surface area contributed by atoms with E-state index < -0.39 is 32.4 Å². The van der Waals surface area contributed by atoms with Crippen LogP contribution in [0.3, 0.4) is 0 Å². The van der Waals surface area contributed by atoms with E-state index >= 15 is 0 Å². The Morgan fingerprint density at radius 1 is 1.24 bits per heavy atom. The Balaban J connectivity index is 2.11. The van der Waals surface area contributed by atoms with Crippen LogP contribution in [0.1, 0.15) is 25.1 Å². The lowest BCUT2D eigenvalue weighted by molar-refractivity contribution is -0.138. The second-order valence-corrected chi connectivity index (χ2v) is 8.64.